The van der Waals surface area contributed by atoms with Crippen LogP contribution in [-0.4, -0.2) is 16.1 Å². The van der Waals surface area contributed by atoms with Gasteiger partial charge in [-0.3, -0.25) is 4.57 Å². The van der Waals surface area contributed by atoms with Gasteiger partial charge in [-0.25, -0.2) is 4.98 Å². The van der Waals surface area contributed by atoms with Crippen LogP contribution in [0.25, 0.3) is 5.69 Å². The number of fused-ring (bicyclic) bond motifs is 1. The minimum atomic E-state index is 0.432. The fourth-order valence-corrected chi connectivity index (χ4v) is 3.04. The van der Waals surface area contributed by atoms with Crippen LogP contribution < -0.4 is 5.32 Å². The van der Waals surface area contributed by atoms with E-state index in [4.69, 9.17) is 4.98 Å². The normalized spacial score (nSPS) is 14.7. The van der Waals surface area contributed by atoms with Crippen LogP contribution in [0.4, 0.5) is 0 Å². The molecule has 0 atom stereocenters. The number of hydrogen-bond donors (Lipinski definition) is 1. The van der Waals surface area contributed by atoms with Gasteiger partial charge in [-0.05, 0) is 25.5 Å². The Morgan fingerprint density at radius 1 is 1.25 bits per heavy atom. The van der Waals surface area contributed by atoms with Gasteiger partial charge in [0.05, 0.1) is 5.69 Å². The quantitative estimate of drug-likeness (QED) is 0.907. The van der Waals surface area contributed by atoms with Gasteiger partial charge < -0.3 is 5.32 Å². The molecule has 0 saturated carbocycles. The van der Waals surface area contributed by atoms with E-state index < -0.39 is 0 Å². The van der Waals surface area contributed by atoms with E-state index in [1.165, 1.54) is 34.0 Å². The van der Waals surface area contributed by atoms with Crippen molar-refractivity contribution in [2.45, 2.75) is 46.6 Å². The maximum Gasteiger partial charge on any atom is 0.116 e. The SMILES string of the molecule is Cc1ccc(-n2c(C(C)C)nc3c2CCNC3)c(C)c1. The fraction of sp³-hybridized carbons (Fsp3) is 0.471. The smallest absolute Gasteiger partial charge is 0.116 e. The number of nitrogens with zero attached hydrogens (tertiary/aromatic N) is 2. The van der Waals surface area contributed by atoms with Crippen LogP contribution in [0, 0.1) is 13.8 Å². The summed E-state index contributed by atoms with van der Waals surface area (Å²) in [4.78, 5) is 4.89. The van der Waals surface area contributed by atoms with E-state index in [2.05, 4.69) is 55.8 Å². The second-order valence-corrected chi connectivity index (χ2v) is 6.07. The molecule has 1 aromatic carbocycles. The van der Waals surface area contributed by atoms with Crippen molar-refractivity contribution in [3.8, 4) is 5.69 Å². The third kappa shape index (κ3) is 2.16. The number of aromatic nitrogens is 2. The lowest BCUT2D eigenvalue weighted by atomic mass is 10.1. The molecule has 0 unspecified atom stereocenters. The number of aryl methyl sites for hydroxylation is 2. The first-order chi connectivity index (χ1) is 9.58. The molecule has 0 bridgehead atoms. The first-order valence-electron chi connectivity index (χ1n) is 7.46. The minimum absolute atomic E-state index is 0.432. The summed E-state index contributed by atoms with van der Waals surface area (Å²) >= 11 is 0. The molecule has 1 aliphatic rings. The van der Waals surface area contributed by atoms with Crippen molar-refractivity contribution in [2.24, 2.45) is 0 Å². The van der Waals surface area contributed by atoms with E-state index in [-0.39, 0.29) is 0 Å². The van der Waals surface area contributed by atoms with Crippen molar-refractivity contribution < 1.29 is 0 Å². The zero-order chi connectivity index (χ0) is 14.3. The molecule has 0 amide bonds. The van der Waals surface area contributed by atoms with Crippen LogP contribution in [0.15, 0.2) is 18.2 Å². The largest absolute Gasteiger partial charge is 0.311 e. The Kier molecular flexibility index (Phi) is 3.38. The fourth-order valence-electron chi connectivity index (χ4n) is 3.04. The summed E-state index contributed by atoms with van der Waals surface area (Å²) < 4.78 is 2.40. The summed E-state index contributed by atoms with van der Waals surface area (Å²) in [6.07, 6.45) is 1.06. The zero-order valence-corrected chi connectivity index (χ0v) is 12.8. The first-order valence-corrected chi connectivity index (χ1v) is 7.46. The van der Waals surface area contributed by atoms with E-state index in [1.807, 2.05) is 0 Å². The lowest BCUT2D eigenvalue weighted by molar-refractivity contribution is 0.619. The molecule has 0 saturated heterocycles. The van der Waals surface area contributed by atoms with Gasteiger partial charge in [0, 0.05) is 36.8 Å². The summed E-state index contributed by atoms with van der Waals surface area (Å²) in [5.41, 5.74) is 6.54. The molecule has 3 nitrogen and oxygen atoms in total. The predicted molar refractivity (Wildman–Crippen MR) is 82.5 cm³/mol. The first kappa shape index (κ1) is 13.4. The van der Waals surface area contributed by atoms with Crippen molar-refractivity contribution in [3.05, 3.63) is 46.5 Å². The standard InChI is InChI=1S/C17H23N3/c1-11(2)17-19-14-10-18-8-7-16(14)20(17)15-6-5-12(3)9-13(15)4/h5-6,9,11,18H,7-8,10H2,1-4H3. The van der Waals surface area contributed by atoms with Crippen LogP contribution >= 0.6 is 0 Å². The molecule has 2 aromatic rings. The molecule has 106 valence electrons. The van der Waals surface area contributed by atoms with Gasteiger partial charge in [0.2, 0.25) is 0 Å². The Bertz CT molecular complexity index is 638. The molecule has 2 heterocycles. The second kappa shape index (κ2) is 5.06. The van der Waals surface area contributed by atoms with E-state index in [9.17, 15) is 0 Å². The molecule has 0 aliphatic carbocycles. The third-order valence-corrected chi connectivity index (χ3v) is 4.02. The Balaban J connectivity index is 2.23. The van der Waals surface area contributed by atoms with Crippen molar-refractivity contribution in [2.75, 3.05) is 6.54 Å². The Morgan fingerprint density at radius 2 is 2.05 bits per heavy atom. The molecule has 1 aliphatic heterocycles. The molecule has 20 heavy (non-hydrogen) atoms. The number of hydrogen-bond acceptors (Lipinski definition) is 2. The summed E-state index contributed by atoms with van der Waals surface area (Å²) in [5, 5.41) is 3.42. The summed E-state index contributed by atoms with van der Waals surface area (Å²) in [6, 6.07) is 6.69. The summed E-state index contributed by atoms with van der Waals surface area (Å²) in [6.45, 7) is 10.7. The summed E-state index contributed by atoms with van der Waals surface area (Å²) in [7, 11) is 0. The molecule has 0 spiro atoms. The van der Waals surface area contributed by atoms with Gasteiger partial charge in [-0.1, -0.05) is 31.5 Å². The van der Waals surface area contributed by atoms with Crippen molar-refractivity contribution in [1.29, 1.82) is 0 Å². The molecular formula is C17H23N3. The van der Waals surface area contributed by atoms with E-state index in [0.29, 0.717) is 5.92 Å². The van der Waals surface area contributed by atoms with Gasteiger partial charge in [-0.2, -0.15) is 0 Å². The number of benzene rings is 1. The van der Waals surface area contributed by atoms with Gasteiger partial charge >= 0.3 is 0 Å². The topological polar surface area (TPSA) is 29.9 Å². The van der Waals surface area contributed by atoms with Crippen LogP contribution in [0.3, 0.4) is 0 Å². The van der Waals surface area contributed by atoms with Gasteiger partial charge in [0.25, 0.3) is 0 Å². The van der Waals surface area contributed by atoms with E-state index in [0.717, 1.165) is 19.5 Å². The van der Waals surface area contributed by atoms with Crippen LogP contribution in [0.5, 0.6) is 0 Å². The van der Waals surface area contributed by atoms with Crippen LogP contribution in [0.1, 0.15) is 48.1 Å². The van der Waals surface area contributed by atoms with Gasteiger partial charge in [0.1, 0.15) is 5.82 Å². The number of rotatable bonds is 2. The van der Waals surface area contributed by atoms with Gasteiger partial charge in [0.15, 0.2) is 0 Å². The maximum atomic E-state index is 4.89. The molecule has 0 radical (unpaired) electrons. The lowest BCUT2D eigenvalue weighted by Gasteiger charge is -2.19. The highest BCUT2D eigenvalue weighted by atomic mass is 15.1. The average Bonchev–Trinajstić information content (AvgIpc) is 2.78. The maximum absolute atomic E-state index is 4.89. The monoisotopic (exact) mass is 269 g/mol. The van der Waals surface area contributed by atoms with Crippen molar-refractivity contribution in [3.63, 3.8) is 0 Å². The van der Waals surface area contributed by atoms with Crippen LogP contribution in [-0.2, 0) is 13.0 Å². The highest BCUT2D eigenvalue weighted by molar-refractivity contribution is 5.46. The molecule has 1 N–H and O–H groups in total. The molecule has 0 fully saturated rings. The second-order valence-electron chi connectivity index (χ2n) is 6.07. The molecular weight excluding hydrogens is 246 g/mol. The van der Waals surface area contributed by atoms with E-state index >= 15 is 0 Å². The summed E-state index contributed by atoms with van der Waals surface area (Å²) in [5.74, 6) is 1.62. The van der Waals surface area contributed by atoms with E-state index in [1.54, 1.807) is 0 Å². The Morgan fingerprint density at radius 3 is 2.75 bits per heavy atom. The molecule has 3 rings (SSSR count). The number of imidazole rings is 1. The minimum Gasteiger partial charge on any atom is -0.311 e. The highest BCUT2D eigenvalue weighted by Crippen LogP contribution is 2.28. The number of nitrogens with one attached hydrogen (secondary N) is 1. The zero-order valence-electron chi connectivity index (χ0n) is 12.8. The lowest BCUT2D eigenvalue weighted by Crippen LogP contribution is -2.25. The predicted octanol–water partition coefficient (Wildman–Crippen LogP) is 3.26. The molecule has 3 heteroatoms. The average molecular weight is 269 g/mol. The third-order valence-electron chi connectivity index (χ3n) is 4.02. The Labute approximate surface area is 121 Å². The van der Waals surface area contributed by atoms with Gasteiger partial charge in [-0.15, -0.1) is 0 Å². The van der Waals surface area contributed by atoms with Crippen LogP contribution in [0.2, 0.25) is 0 Å². The van der Waals surface area contributed by atoms with Crippen molar-refractivity contribution in [1.82, 2.24) is 14.9 Å². The molecule has 1 aromatic heterocycles. The Hall–Kier alpha value is -1.61. The van der Waals surface area contributed by atoms with Crippen molar-refractivity contribution >= 4 is 0 Å². The highest BCUT2D eigenvalue weighted by Gasteiger charge is 2.22.